The number of benzene rings is 1. The van der Waals surface area contributed by atoms with Gasteiger partial charge in [0.2, 0.25) is 0 Å². The molecule has 0 bridgehead atoms. The summed E-state index contributed by atoms with van der Waals surface area (Å²) in [6.45, 7) is 7.30. The second-order valence-electron chi connectivity index (χ2n) is 5.01. The Morgan fingerprint density at radius 2 is 1.90 bits per heavy atom. The zero-order valence-corrected chi connectivity index (χ0v) is 15.7. The van der Waals surface area contributed by atoms with Crippen molar-refractivity contribution in [3.8, 4) is 0 Å². The van der Waals surface area contributed by atoms with E-state index in [0.29, 0.717) is 12.6 Å². The van der Waals surface area contributed by atoms with Gasteiger partial charge in [-0.2, -0.15) is 0 Å². The highest BCUT2D eigenvalue weighted by atomic mass is 127. The monoisotopic (exact) mass is 402 g/mol. The highest BCUT2D eigenvalue weighted by Crippen LogP contribution is 2.17. The number of nitrogens with zero attached hydrogens (tertiary/aromatic N) is 2. The average molecular weight is 402 g/mol. The maximum atomic E-state index is 4.19. The van der Waals surface area contributed by atoms with E-state index in [4.69, 9.17) is 0 Å². The topological polar surface area (TPSA) is 39.7 Å². The standard InChI is InChI=1S/C16H26N4.HI/c1-6-11-18-16(17-3)19-12-15(20(4)5)14-9-7-13(2)8-10-14;/h6-10,15H,1,11-12H2,2-5H3,(H2,17,18,19);1H. The van der Waals surface area contributed by atoms with Crippen LogP contribution >= 0.6 is 24.0 Å². The van der Waals surface area contributed by atoms with E-state index < -0.39 is 0 Å². The molecule has 2 N–H and O–H groups in total. The van der Waals surface area contributed by atoms with Gasteiger partial charge < -0.3 is 15.5 Å². The SMILES string of the molecule is C=CCNC(=NC)NCC(c1ccc(C)cc1)N(C)C.I. The van der Waals surface area contributed by atoms with Gasteiger partial charge in [-0.1, -0.05) is 35.9 Å². The molecule has 1 atom stereocenters. The zero-order chi connectivity index (χ0) is 15.0. The van der Waals surface area contributed by atoms with Crippen LogP contribution in [-0.2, 0) is 0 Å². The van der Waals surface area contributed by atoms with Crippen LogP contribution in [0.5, 0.6) is 0 Å². The van der Waals surface area contributed by atoms with Crippen LogP contribution in [0.3, 0.4) is 0 Å². The molecule has 0 saturated carbocycles. The molecule has 0 saturated heterocycles. The number of hydrogen-bond acceptors (Lipinski definition) is 2. The molecule has 0 amide bonds. The van der Waals surface area contributed by atoms with Gasteiger partial charge in [0.1, 0.15) is 0 Å². The third-order valence-electron chi connectivity index (χ3n) is 3.19. The van der Waals surface area contributed by atoms with Crippen molar-refractivity contribution in [2.75, 3.05) is 34.2 Å². The minimum atomic E-state index is 0. The predicted octanol–water partition coefficient (Wildman–Crippen LogP) is 2.57. The van der Waals surface area contributed by atoms with Crippen LogP contribution < -0.4 is 10.6 Å². The summed E-state index contributed by atoms with van der Waals surface area (Å²) < 4.78 is 0. The van der Waals surface area contributed by atoms with Gasteiger partial charge in [-0.25, -0.2) is 0 Å². The molecule has 0 aromatic heterocycles. The number of guanidine groups is 1. The lowest BCUT2D eigenvalue weighted by molar-refractivity contribution is 0.298. The van der Waals surface area contributed by atoms with E-state index in [1.54, 1.807) is 7.05 Å². The van der Waals surface area contributed by atoms with Crippen LogP contribution in [0.25, 0.3) is 0 Å². The van der Waals surface area contributed by atoms with Crippen molar-refractivity contribution in [2.45, 2.75) is 13.0 Å². The molecule has 0 heterocycles. The average Bonchev–Trinajstić information content (AvgIpc) is 2.44. The Hall–Kier alpha value is -1.08. The van der Waals surface area contributed by atoms with Gasteiger partial charge in [0.05, 0.1) is 6.04 Å². The highest BCUT2D eigenvalue weighted by Gasteiger charge is 2.14. The Balaban J connectivity index is 0.00000400. The Morgan fingerprint density at radius 1 is 1.29 bits per heavy atom. The van der Waals surface area contributed by atoms with Crippen molar-refractivity contribution in [3.05, 3.63) is 48.0 Å². The lowest BCUT2D eigenvalue weighted by atomic mass is 10.0. The fourth-order valence-corrected chi connectivity index (χ4v) is 1.97. The molecule has 1 unspecified atom stereocenters. The summed E-state index contributed by atoms with van der Waals surface area (Å²) in [5.41, 5.74) is 2.58. The number of aliphatic imine (C=N–C) groups is 1. The molecule has 1 rings (SSSR count). The predicted molar refractivity (Wildman–Crippen MR) is 103 cm³/mol. The first kappa shape index (κ1) is 19.9. The van der Waals surface area contributed by atoms with Crippen molar-refractivity contribution < 1.29 is 0 Å². The van der Waals surface area contributed by atoms with Gasteiger partial charge in [-0.15, -0.1) is 30.6 Å². The fraction of sp³-hybridized carbons (Fsp3) is 0.438. The van der Waals surface area contributed by atoms with Gasteiger partial charge >= 0.3 is 0 Å². The highest BCUT2D eigenvalue weighted by molar-refractivity contribution is 14.0. The summed E-state index contributed by atoms with van der Waals surface area (Å²) in [7, 11) is 5.95. The van der Waals surface area contributed by atoms with Gasteiger partial charge in [0.25, 0.3) is 0 Å². The van der Waals surface area contributed by atoms with Crippen LogP contribution in [0.15, 0.2) is 41.9 Å². The minimum absolute atomic E-state index is 0. The molecule has 4 nitrogen and oxygen atoms in total. The summed E-state index contributed by atoms with van der Waals surface area (Å²) in [6.07, 6.45) is 1.82. The number of hydrogen-bond donors (Lipinski definition) is 2. The molecule has 21 heavy (non-hydrogen) atoms. The molecule has 0 radical (unpaired) electrons. The number of likely N-dealkylation sites (N-methyl/N-ethyl adjacent to an activating group) is 1. The van der Waals surface area contributed by atoms with Crippen molar-refractivity contribution in [2.24, 2.45) is 4.99 Å². The molecule has 0 aliphatic rings. The molecule has 0 spiro atoms. The molecule has 118 valence electrons. The van der Waals surface area contributed by atoms with Crippen LogP contribution in [-0.4, -0.2) is 45.1 Å². The third kappa shape index (κ3) is 6.95. The van der Waals surface area contributed by atoms with Crippen molar-refractivity contribution in [1.82, 2.24) is 15.5 Å². The van der Waals surface area contributed by atoms with Gasteiger partial charge in [-0.3, -0.25) is 4.99 Å². The Morgan fingerprint density at radius 3 is 2.38 bits per heavy atom. The van der Waals surface area contributed by atoms with Gasteiger partial charge in [0.15, 0.2) is 5.96 Å². The first-order valence-electron chi connectivity index (χ1n) is 6.87. The van der Waals surface area contributed by atoms with Crippen molar-refractivity contribution in [3.63, 3.8) is 0 Å². The van der Waals surface area contributed by atoms with E-state index in [0.717, 1.165) is 12.5 Å². The van der Waals surface area contributed by atoms with Crippen LogP contribution in [0.1, 0.15) is 17.2 Å². The van der Waals surface area contributed by atoms with Crippen LogP contribution in [0.4, 0.5) is 0 Å². The molecule has 5 heteroatoms. The quantitative estimate of drug-likeness (QED) is 0.333. The largest absolute Gasteiger partial charge is 0.354 e. The number of halogens is 1. The lowest BCUT2D eigenvalue weighted by Crippen LogP contribution is -2.41. The minimum Gasteiger partial charge on any atom is -0.354 e. The maximum absolute atomic E-state index is 4.19. The summed E-state index contributed by atoms with van der Waals surface area (Å²) in [5.74, 6) is 0.795. The van der Waals surface area contributed by atoms with Crippen LogP contribution in [0, 0.1) is 6.92 Å². The number of nitrogens with one attached hydrogen (secondary N) is 2. The first-order chi connectivity index (χ1) is 9.58. The summed E-state index contributed by atoms with van der Waals surface area (Å²) in [4.78, 5) is 6.40. The molecular weight excluding hydrogens is 375 g/mol. The molecule has 0 fully saturated rings. The van der Waals surface area contributed by atoms with Crippen molar-refractivity contribution in [1.29, 1.82) is 0 Å². The Bertz CT molecular complexity index is 440. The normalized spacial score (nSPS) is 12.5. The zero-order valence-electron chi connectivity index (χ0n) is 13.4. The molecule has 0 aliphatic heterocycles. The fourth-order valence-electron chi connectivity index (χ4n) is 1.97. The van der Waals surface area contributed by atoms with Gasteiger partial charge in [-0.05, 0) is 26.6 Å². The van der Waals surface area contributed by atoms with E-state index in [1.165, 1.54) is 11.1 Å². The van der Waals surface area contributed by atoms with E-state index >= 15 is 0 Å². The third-order valence-corrected chi connectivity index (χ3v) is 3.19. The molecule has 1 aromatic carbocycles. The summed E-state index contributed by atoms with van der Waals surface area (Å²) >= 11 is 0. The maximum Gasteiger partial charge on any atom is 0.191 e. The Kier molecular flexibility index (Phi) is 10.1. The molecular formula is C16H27IN4. The lowest BCUT2D eigenvalue weighted by Gasteiger charge is -2.26. The second kappa shape index (κ2) is 10.6. The Labute approximate surface area is 145 Å². The smallest absolute Gasteiger partial charge is 0.191 e. The number of rotatable bonds is 6. The second-order valence-corrected chi connectivity index (χ2v) is 5.01. The molecule has 0 aliphatic carbocycles. The number of aryl methyl sites for hydroxylation is 1. The first-order valence-corrected chi connectivity index (χ1v) is 6.87. The van der Waals surface area contributed by atoms with E-state index in [-0.39, 0.29) is 24.0 Å². The van der Waals surface area contributed by atoms with Crippen LogP contribution in [0.2, 0.25) is 0 Å². The van der Waals surface area contributed by atoms with Crippen molar-refractivity contribution >= 4 is 29.9 Å². The van der Waals surface area contributed by atoms with E-state index in [2.05, 4.69) is 72.4 Å². The van der Waals surface area contributed by atoms with Gasteiger partial charge in [0, 0.05) is 20.1 Å². The summed E-state index contributed by atoms with van der Waals surface area (Å²) in [6, 6.07) is 8.97. The molecule has 1 aromatic rings. The summed E-state index contributed by atoms with van der Waals surface area (Å²) in [5, 5.41) is 6.52. The van der Waals surface area contributed by atoms with E-state index in [1.807, 2.05) is 6.08 Å². The van der Waals surface area contributed by atoms with E-state index in [9.17, 15) is 0 Å².